The average Bonchev–Trinajstić information content (AvgIpc) is 3.38. The summed E-state index contributed by atoms with van der Waals surface area (Å²) in [6.45, 7) is 5.48. The summed E-state index contributed by atoms with van der Waals surface area (Å²) in [6.07, 6.45) is 0.409. The molecule has 0 radical (unpaired) electrons. The van der Waals surface area contributed by atoms with Gasteiger partial charge in [-0.3, -0.25) is 4.98 Å². The first-order valence-electron chi connectivity index (χ1n) is 12.6. The number of nitrogens with one attached hydrogen (secondary N) is 1. The Balaban J connectivity index is 1.29. The minimum Gasteiger partial charge on any atom is -0.442 e. The van der Waals surface area contributed by atoms with Crippen LogP contribution in [0.1, 0.15) is 43.3 Å². The van der Waals surface area contributed by atoms with Gasteiger partial charge in [0.25, 0.3) is 0 Å². The number of nitrogens with zero attached hydrogens (tertiary/aromatic N) is 7. The van der Waals surface area contributed by atoms with E-state index in [0.29, 0.717) is 34.0 Å². The second kappa shape index (κ2) is 11.2. The van der Waals surface area contributed by atoms with Gasteiger partial charge >= 0.3 is 12.3 Å². The number of anilines is 1. The second-order valence-corrected chi connectivity index (χ2v) is 9.98. The predicted molar refractivity (Wildman–Crippen MR) is 147 cm³/mol. The molecular weight excluding hydrogens is 549 g/mol. The SMILES string of the molecule is CC(C)(C)OC(=O)n1ncc2cc(C#Cc3ccnc(-c4ccnc(NCc5ccc(C(F)(F)F)cn5)n4)n3)ccc21. The van der Waals surface area contributed by atoms with Gasteiger partial charge in [0, 0.05) is 29.5 Å². The van der Waals surface area contributed by atoms with Crippen LogP contribution in [0.5, 0.6) is 0 Å². The van der Waals surface area contributed by atoms with Crippen molar-refractivity contribution in [2.75, 3.05) is 5.32 Å². The lowest BCUT2D eigenvalue weighted by molar-refractivity contribution is -0.137. The fourth-order valence-electron chi connectivity index (χ4n) is 3.68. The van der Waals surface area contributed by atoms with E-state index in [9.17, 15) is 18.0 Å². The van der Waals surface area contributed by atoms with Crippen LogP contribution in [0.25, 0.3) is 22.4 Å². The van der Waals surface area contributed by atoms with Gasteiger partial charge in [0.05, 0.1) is 29.5 Å². The molecule has 0 saturated heterocycles. The Morgan fingerprint density at radius 1 is 0.952 bits per heavy atom. The van der Waals surface area contributed by atoms with Crippen LogP contribution in [-0.2, 0) is 17.5 Å². The summed E-state index contributed by atoms with van der Waals surface area (Å²) < 4.78 is 44.9. The Hall–Kier alpha value is -5.38. The number of carbonyl (C=O) groups excluding carboxylic acids is 1. The Bertz CT molecular complexity index is 1820. The molecule has 10 nitrogen and oxygen atoms in total. The molecule has 1 aromatic carbocycles. The average molecular weight is 573 g/mol. The first kappa shape index (κ1) is 28.2. The monoisotopic (exact) mass is 572 g/mol. The van der Waals surface area contributed by atoms with E-state index in [2.05, 4.69) is 47.2 Å². The molecule has 4 heterocycles. The van der Waals surface area contributed by atoms with Crippen molar-refractivity contribution in [1.82, 2.24) is 34.7 Å². The molecular formula is C29H23F3N8O2. The molecule has 0 fully saturated rings. The van der Waals surface area contributed by atoms with Crippen LogP contribution in [0.3, 0.4) is 0 Å². The molecule has 0 aliphatic rings. The van der Waals surface area contributed by atoms with Crippen molar-refractivity contribution < 1.29 is 22.7 Å². The summed E-state index contributed by atoms with van der Waals surface area (Å²) in [5.41, 5.74) is 1.09. The highest BCUT2D eigenvalue weighted by atomic mass is 19.4. The zero-order chi connectivity index (χ0) is 29.9. The molecule has 0 aliphatic carbocycles. The smallest absolute Gasteiger partial charge is 0.435 e. The lowest BCUT2D eigenvalue weighted by Crippen LogP contribution is -2.27. The normalized spacial score (nSPS) is 11.6. The van der Waals surface area contributed by atoms with Crippen molar-refractivity contribution in [3.8, 4) is 23.4 Å². The molecule has 13 heteroatoms. The van der Waals surface area contributed by atoms with Gasteiger partial charge in [0.1, 0.15) is 17.0 Å². The number of ether oxygens (including phenoxy) is 1. The molecule has 0 amide bonds. The zero-order valence-corrected chi connectivity index (χ0v) is 22.6. The summed E-state index contributed by atoms with van der Waals surface area (Å²) in [7, 11) is 0. The third kappa shape index (κ3) is 6.84. The van der Waals surface area contributed by atoms with Gasteiger partial charge in [0.15, 0.2) is 5.82 Å². The van der Waals surface area contributed by atoms with E-state index in [4.69, 9.17) is 4.74 Å². The van der Waals surface area contributed by atoms with Gasteiger partial charge in [-0.05, 0) is 69.2 Å². The maximum atomic E-state index is 12.7. The number of alkyl halides is 3. The van der Waals surface area contributed by atoms with Crippen molar-refractivity contribution in [3.05, 3.63) is 89.8 Å². The Kier molecular flexibility index (Phi) is 7.54. The van der Waals surface area contributed by atoms with E-state index in [1.165, 1.54) is 16.9 Å². The molecule has 0 saturated carbocycles. The van der Waals surface area contributed by atoms with Crippen LogP contribution in [0.15, 0.2) is 67.3 Å². The number of halogens is 3. The molecule has 212 valence electrons. The van der Waals surface area contributed by atoms with Crippen LogP contribution in [0, 0.1) is 11.8 Å². The molecule has 1 N–H and O–H groups in total. The van der Waals surface area contributed by atoms with Gasteiger partial charge in [0.2, 0.25) is 5.95 Å². The van der Waals surface area contributed by atoms with Gasteiger partial charge in [-0.2, -0.15) is 23.0 Å². The first-order chi connectivity index (χ1) is 19.9. The molecule has 5 rings (SSSR count). The predicted octanol–water partition coefficient (Wildman–Crippen LogP) is 5.49. The molecule has 5 aromatic rings. The van der Waals surface area contributed by atoms with Gasteiger partial charge < -0.3 is 10.1 Å². The van der Waals surface area contributed by atoms with E-state index in [0.717, 1.165) is 17.6 Å². The molecule has 0 aliphatic heterocycles. The van der Waals surface area contributed by atoms with Crippen LogP contribution in [0.4, 0.5) is 23.9 Å². The van der Waals surface area contributed by atoms with Gasteiger partial charge in [-0.15, -0.1) is 0 Å². The van der Waals surface area contributed by atoms with E-state index >= 15 is 0 Å². The summed E-state index contributed by atoms with van der Waals surface area (Å²) in [6, 6.07) is 10.9. The van der Waals surface area contributed by atoms with Crippen LogP contribution in [0.2, 0.25) is 0 Å². The molecule has 0 unspecified atom stereocenters. The summed E-state index contributed by atoms with van der Waals surface area (Å²) in [4.78, 5) is 33.5. The molecule has 0 bridgehead atoms. The summed E-state index contributed by atoms with van der Waals surface area (Å²) in [5, 5.41) is 7.81. The van der Waals surface area contributed by atoms with E-state index in [-0.39, 0.29) is 12.5 Å². The standard InChI is InChI=1S/C29H23F3N8O2/c1-28(2,3)42-27(41)40-24-9-5-18(14-19(24)15-37-40)4-7-21-10-12-33-25(38-21)23-11-13-34-26(39-23)36-17-22-8-6-20(16-35-22)29(30,31)32/h5-6,8-16H,17H2,1-3H3,(H,34,36,39). The lowest BCUT2D eigenvalue weighted by Gasteiger charge is -2.19. The van der Waals surface area contributed by atoms with E-state index in [1.54, 1.807) is 57.4 Å². The fourth-order valence-corrected chi connectivity index (χ4v) is 3.68. The first-order valence-corrected chi connectivity index (χ1v) is 12.6. The van der Waals surface area contributed by atoms with Crippen LogP contribution < -0.4 is 5.32 Å². The maximum absolute atomic E-state index is 12.7. The van der Waals surface area contributed by atoms with Crippen molar-refractivity contribution in [1.29, 1.82) is 0 Å². The zero-order valence-electron chi connectivity index (χ0n) is 22.6. The number of hydrogen-bond acceptors (Lipinski definition) is 9. The Labute approximate surface area is 238 Å². The molecule has 0 atom stereocenters. The minimum absolute atomic E-state index is 0.120. The van der Waals surface area contributed by atoms with Crippen molar-refractivity contribution in [2.24, 2.45) is 0 Å². The van der Waals surface area contributed by atoms with E-state index in [1.807, 2.05) is 6.07 Å². The molecule has 42 heavy (non-hydrogen) atoms. The topological polar surface area (TPSA) is 121 Å². The third-order valence-corrected chi connectivity index (χ3v) is 5.59. The van der Waals surface area contributed by atoms with Crippen molar-refractivity contribution >= 4 is 22.9 Å². The maximum Gasteiger partial charge on any atom is 0.435 e. The fraction of sp³-hybridized carbons (Fsp3) is 0.207. The van der Waals surface area contributed by atoms with E-state index < -0.39 is 23.4 Å². The summed E-state index contributed by atoms with van der Waals surface area (Å²) in [5.74, 6) is 6.61. The largest absolute Gasteiger partial charge is 0.442 e. The number of hydrogen-bond donors (Lipinski definition) is 1. The van der Waals surface area contributed by atoms with Crippen LogP contribution >= 0.6 is 0 Å². The quantitative estimate of drug-likeness (QED) is 0.279. The van der Waals surface area contributed by atoms with Crippen molar-refractivity contribution in [3.63, 3.8) is 0 Å². The number of aromatic nitrogens is 7. The number of pyridine rings is 1. The highest BCUT2D eigenvalue weighted by Gasteiger charge is 2.30. The van der Waals surface area contributed by atoms with Gasteiger partial charge in [-0.25, -0.2) is 24.7 Å². The minimum atomic E-state index is -4.45. The molecule has 0 spiro atoms. The highest BCUT2D eigenvalue weighted by molar-refractivity contribution is 5.88. The number of carbonyl (C=O) groups is 1. The lowest BCUT2D eigenvalue weighted by atomic mass is 10.1. The number of fused-ring (bicyclic) bond motifs is 1. The van der Waals surface area contributed by atoms with Crippen LogP contribution in [-0.4, -0.2) is 46.4 Å². The summed E-state index contributed by atoms with van der Waals surface area (Å²) >= 11 is 0. The second-order valence-electron chi connectivity index (χ2n) is 9.98. The number of benzene rings is 1. The molecule has 4 aromatic heterocycles. The Morgan fingerprint density at radius 3 is 2.50 bits per heavy atom. The highest BCUT2D eigenvalue weighted by Crippen LogP contribution is 2.28. The van der Waals surface area contributed by atoms with Gasteiger partial charge in [-0.1, -0.05) is 5.92 Å². The van der Waals surface area contributed by atoms with Crippen molar-refractivity contribution in [2.45, 2.75) is 39.1 Å². The third-order valence-electron chi connectivity index (χ3n) is 5.59. The number of rotatable bonds is 4. The Morgan fingerprint density at radius 2 is 1.76 bits per heavy atom.